The predicted octanol–water partition coefficient (Wildman–Crippen LogP) is 1.23. The second-order valence-corrected chi connectivity index (χ2v) is 4.21. The molecule has 15 heavy (non-hydrogen) atoms. The average Bonchev–Trinajstić information content (AvgIpc) is 2.86. The number of hydrazine groups is 1. The molecule has 1 atom stereocenters. The first-order chi connectivity index (χ1) is 7.31. The Morgan fingerprint density at radius 2 is 2.53 bits per heavy atom. The molecule has 5 heteroatoms. The number of hydrogen-bond acceptors (Lipinski definition) is 4. The molecule has 0 bridgehead atoms. The summed E-state index contributed by atoms with van der Waals surface area (Å²) in [5.74, 6) is 6.58. The molecule has 0 saturated heterocycles. The monoisotopic (exact) mass is 222 g/mol. The maximum atomic E-state index is 5.55. The van der Waals surface area contributed by atoms with Gasteiger partial charge in [-0.25, -0.2) is 4.98 Å². The minimum absolute atomic E-state index is 0.136. The molecule has 0 aliphatic heterocycles. The quantitative estimate of drug-likeness (QED) is 0.604. The van der Waals surface area contributed by atoms with Gasteiger partial charge < -0.3 is 4.57 Å². The number of thiophene rings is 1. The van der Waals surface area contributed by atoms with Gasteiger partial charge in [-0.2, -0.15) is 11.3 Å². The number of nitrogens with zero attached hydrogens (tertiary/aromatic N) is 2. The number of rotatable bonds is 4. The van der Waals surface area contributed by atoms with Gasteiger partial charge in [0, 0.05) is 25.9 Å². The van der Waals surface area contributed by atoms with Crippen LogP contribution in [0.3, 0.4) is 0 Å². The summed E-state index contributed by atoms with van der Waals surface area (Å²) in [5.41, 5.74) is 4.04. The minimum Gasteiger partial charge on any atom is -0.338 e. The Labute approximate surface area is 92.7 Å². The van der Waals surface area contributed by atoms with Gasteiger partial charge >= 0.3 is 0 Å². The predicted molar refractivity (Wildman–Crippen MR) is 61.3 cm³/mol. The van der Waals surface area contributed by atoms with Crippen LogP contribution in [0.4, 0.5) is 0 Å². The topological polar surface area (TPSA) is 55.9 Å². The molecule has 0 radical (unpaired) electrons. The van der Waals surface area contributed by atoms with Gasteiger partial charge in [0.15, 0.2) is 0 Å². The van der Waals surface area contributed by atoms with E-state index in [1.54, 1.807) is 17.5 Å². The highest BCUT2D eigenvalue weighted by molar-refractivity contribution is 7.07. The van der Waals surface area contributed by atoms with Crippen LogP contribution in [0.25, 0.3) is 0 Å². The smallest absolute Gasteiger partial charge is 0.110 e. The Kier molecular flexibility index (Phi) is 3.15. The molecule has 2 aromatic rings. The highest BCUT2D eigenvalue weighted by Crippen LogP contribution is 2.19. The van der Waals surface area contributed by atoms with E-state index in [0.29, 0.717) is 0 Å². The van der Waals surface area contributed by atoms with Gasteiger partial charge in [-0.05, 0) is 22.4 Å². The van der Waals surface area contributed by atoms with E-state index < -0.39 is 0 Å². The molecule has 0 fully saturated rings. The van der Waals surface area contributed by atoms with E-state index in [9.17, 15) is 0 Å². The second kappa shape index (κ2) is 4.57. The zero-order chi connectivity index (χ0) is 10.7. The number of aryl methyl sites for hydroxylation is 1. The fraction of sp³-hybridized carbons (Fsp3) is 0.300. The van der Waals surface area contributed by atoms with E-state index in [0.717, 1.165) is 12.2 Å². The van der Waals surface area contributed by atoms with Crippen LogP contribution in [0.1, 0.15) is 17.4 Å². The van der Waals surface area contributed by atoms with Gasteiger partial charge in [0.05, 0.1) is 6.04 Å². The SMILES string of the molecule is Cn1ccnc1CC(NN)c1ccsc1. The molecule has 2 heterocycles. The summed E-state index contributed by atoms with van der Waals surface area (Å²) < 4.78 is 2.01. The molecular formula is C10H14N4S. The third kappa shape index (κ3) is 2.26. The minimum atomic E-state index is 0.136. The fourth-order valence-electron chi connectivity index (χ4n) is 1.52. The molecule has 1 unspecified atom stereocenters. The maximum Gasteiger partial charge on any atom is 0.110 e. The van der Waals surface area contributed by atoms with Crippen LogP contribution in [0, 0.1) is 0 Å². The number of nitrogens with one attached hydrogen (secondary N) is 1. The largest absolute Gasteiger partial charge is 0.338 e. The van der Waals surface area contributed by atoms with Crippen LogP contribution in [0.2, 0.25) is 0 Å². The van der Waals surface area contributed by atoms with Crippen molar-refractivity contribution in [3.63, 3.8) is 0 Å². The first-order valence-electron chi connectivity index (χ1n) is 4.75. The summed E-state index contributed by atoms with van der Waals surface area (Å²) in [4.78, 5) is 4.28. The third-order valence-corrected chi connectivity index (χ3v) is 3.16. The van der Waals surface area contributed by atoms with Crippen LogP contribution in [0.15, 0.2) is 29.2 Å². The van der Waals surface area contributed by atoms with Crippen LogP contribution in [-0.4, -0.2) is 9.55 Å². The van der Waals surface area contributed by atoms with Crippen molar-refractivity contribution in [1.82, 2.24) is 15.0 Å². The van der Waals surface area contributed by atoms with E-state index in [1.807, 2.05) is 17.8 Å². The van der Waals surface area contributed by atoms with Crippen molar-refractivity contribution in [3.05, 3.63) is 40.6 Å². The Bertz CT molecular complexity index is 407. The Morgan fingerprint density at radius 1 is 1.67 bits per heavy atom. The number of hydrogen-bond donors (Lipinski definition) is 2. The first kappa shape index (κ1) is 10.4. The fourth-order valence-corrected chi connectivity index (χ4v) is 2.24. The van der Waals surface area contributed by atoms with Crippen LogP contribution >= 0.6 is 11.3 Å². The Balaban J connectivity index is 2.13. The van der Waals surface area contributed by atoms with Gasteiger partial charge in [-0.15, -0.1) is 0 Å². The number of aromatic nitrogens is 2. The lowest BCUT2D eigenvalue weighted by Crippen LogP contribution is -2.29. The van der Waals surface area contributed by atoms with E-state index in [-0.39, 0.29) is 6.04 Å². The van der Waals surface area contributed by atoms with Crippen molar-refractivity contribution in [2.45, 2.75) is 12.5 Å². The van der Waals surface area contributed by atoms with E-state index in [4.69, 9.17) is 5.84 Å². The van der Waals surface area contributed by atoms with Crippen molar-refractivity contribution < 1.29 is 0 Å². The lowest BCUT2D eigenvalue weighted by Gasteiger charge is -2.14. The van der Waals surface area contributed by atoms with Crippen molar-refractivity contribution >= 4 is 11.3 Å². The maximum absolute atomic E-state index is 5.55. The summed E-state index contributed by atoms with van der Waals surface area (Å²) in [6, 6.07) is 2.22. The molecule has 2 rings (SSSR count). The normalized spacial score (nSPS) is 12.9. The molecule has 3 N–H and O–H groups in total. The lowest BCUT2D eigenvalue weighted by molar-refractivity contribution is 0.531. The molecule has 0 aromatic carbocycles. The van der Waals surface area contributed by atoms with Gasteiger partial charge in [0.1, 0.15) is 5.82 Å². The van der Waals surface area contributed by atoms with Crippen molar-refractivity contribution in [1.29, 1.82) is 0 Å². The number of imidazole rings is 1. The molecule has 0 spiro atoms. The molecule has 0 saturated carbocycles. The van der Waals surface area contributed by atoms with Gasteiger partial charge in [0.2, 0.25) is 0 Å². The summed E-state index contributed by atoms with van der Waals surface area (Å²) in [6.45, 7) is 0. The third-order valence-electron chi connectivity index (χ3n) is 2.45. The highest BCUT2D eigenvalue weighted by Gasteiger charge is 2.13. The summed E-state index contributed by atoms with van der Waals surface area (Å²) >= 11 is 1.68. The van der Waals surface area contributed by atoms with Crippen molar-refractivity contribution in [3.8, 4) is 0 Å². The molecular weight excluding hydrogens is 208 g/mol. The molecule has 80 valence electrons. The van der Waals surface area contributed by atoms with Crippen molar-refractivity contribution in [2.24, 2.45) is 12.9 Å². The van der Waals surface area contributed by atoms with E-state index >= 15 is 0 Å². The Hall–Kier alpha value is -1.17. The van der Waals surface area contributed by atoms with Gasteiger partial charge in [-0.3, -0.25) is 11.3 Å². The standard InChI is InChI=1S/C10H14N4S/c1-14-4-3-12-10(14)6-9(13-11)8-2-5-15-7-8/h2-5,7,9,13H,6,11H2,1H3. The Morgan fingerprint density at radius 3 is 3.07 bits per heavy atom. The lowest BCUT2D eigenvalue weighted by atomic mass is 10.1. The molecule has 4 nitrogen and oxygen atoms in total. The van der Waals surface area contributed by atoms with Gasteiger partial charge in [-0.1, -0.05) is 0 Å². The number of nitrogens with two attached hydrogens (primary N) is 1. The van der Waals surface area contributed by atoms with E-state index in [2.05, 4.69) is 27.2 Å². The highest BCUT2D eigenvalue weighted by atomic mass is 32.1. The zero-order valence-electron chi connectivity index (χ0n) is 8.55. The van der Waals surface area contributed by atoms with E-state index in [1.165, 1.54) is 5.56 Å². The van der Waals surface area contributed by atoms with Crippen LogP contribution in [-0.2, 0) is 13.5 Å². The van der Waals surface area contributed by atoms with Crippen LogP contribution < -0.4 is 11.3 Å². The summed E-state index contributed by atoms with van der Waals surface area (Å²) in [5, 5.41) is 4.16. The van der Waals surface area contributed by atoms with Crippen LogP contribution in [0.5, 0.6) is 0 Å². The molecule has 0 aliphatic rings. The first-order valence-corrected chi connectivity index (χ1v) is 5.70. The molecule has 2 aromatic heterocycles. The average molecular weight is 222 g/mol. The second-order valence-electron chi connectivity index (χ2n) is 3.43. The summed E-state index contributed by atoms with van der Waals surface area (Å²) in [7, 11) is 1.99. The molecule has 0 aliphatic carbocycles. The summed E-state index contributed by atoms with van der Waals surface area (Å²) in [6.07, 6.45) is 4.55. The zero-order valence-corrected chi connectivity index (χ0v) is 9.37. The molecule has 0 amide bonds. The van der Waals surface area contributed by atoms with Crippen molar-refractivity contribution in [2.75, 3.05) is 0 Å². The van der Waals surface area contributed by atoms with Gasteiger partial charge in [0.25, 0.3) is 0 Å².